The van der Waals surface area contributed by atoms with Gasteiger partial charge in [0.1, 0.15) is 10.7 Å². The Balaban J connectivity index is 1.37. The molecule has 1 aliphatic heterocycles. The molecule has 0 N–H and O–H groups in total. The first-order chi connectivity index (χ1) is 14.0. The molecular formula is C22H23N5OS. The highest BCUT2D eigenvalue weighted by molar-refractivity contribution is 7.20. The van der Waals surface area contributed by atoms with E-state index in [0.29, 0.717) is 5.92 Å². The molecule has 29 heavy (non-hydrogen) atoms. The maximum Gasteiger partial charge on any atom is 0.264 e. The first-order valence-corrected chi connectivity index (χ1v) is 10.8. The van der Waals surface area contributed by atoms with Crippen molar-refractivity contribution in [3.8, 4) is 0 Å². The van der Waals surface area contributed by atoms with Crippen LogP contribution in [0.15, 0.2) is 30.5 Å². The van der Waals surface area contributed by atoms with E-state index in [9.17, 15) is 4.79 Å². The number of aryl methyl sites for hydroxylation is 3. The maximum atomic E-state index is 13.3. The zero-order chi connectivity index (χ0) is 20.1. The molecule has 0 bridgehead atoms. The SMILES string of the molecule is Cc1cc(C)c2c(C)c(C(=O)N3CCC(c4nnc5ccccn45)CC3)sc2n1. The summed E-state index contributed by atoms with van der Waals surface area (Å²) in [7, 11) is 0. The highest BCUT2D eigenvalue weighted by Gasteiger charge is 2.29. The smallest absolute Gasteiger partial charge is 0.264 e. The molecule has 6 nitrogen and oxygen atoms in total. The van der Waals surface area contributed by atoms with Gasteiger partial charge in [-0.15, -0.1) is 21.5 Å². The topological polar surface area (TPSA) is 63.4 Å². The molecule has 0 radical (unpaired) electrons. The van der Waals surface area contributed by atoms with E-state index in [1.165, 1.54) is 16.9 Å². The van der Waals surface area contributed by atoms with Gasteiger partial charge in [-0.1, -0.05) is 6.07 Å². The molecule has 148 valence electrons. The lowest BCUT2D eigenvalue weighted by Gasteiger charge is -2.31. The lowest BCUT2D eigenvalue weighted by atomic mass is 9.95. The van der Waals surface area contributed by atoms with Gasteiger partial charge in [0.25, 0.3) is 5.91 Å². The van der Waals surface area contributed by atoms with E-state index in [2.05, 4.69) is 32.6 Å². The van der Waals surface area contributed by atoms with Crippen molar-refractivity contribution in [2.24, 2.45) is 0 Å². The summed E-state index contributed by atoms with van der Waals surface area (Å²) in [5, 5.41) is 9.82. The van der Waals surface area contributed by atoms with E-state index in [-0.39, 0.29) is 5.91 Å². The second-order valence-electron chi connectivity index (χ2n) is 7.87. The number of amides is 1. The summed E-state index contributed by atoms with van der Waals surface area (Å²) in [6.45, 7) is 7.63. The standard InChI is InChI=1S/C22H23N5OS/c1-13-12-14(2)23-21-18(13)15(3)19(29-21)22(28)26-10-7-16(8-11-26)20-25-24-17-6-4-5-9-27(17)20/h4-6,9,12,16H,7-8,10-11H2,1-3H3. The molecule has 5 heterocycles. The van der Waals surface area contributed by atoms with Crippen LogP contribution in [0.1, 0.15) is 51.1 Å². The first-order valence-electron chi connectivity index (χ1n) is 9.99. The van der Waals surface area contributed by atoms with Gasteiger partial charge in [0.05, 0.1) is 4.88 Å². The quantitative estimate of drug-likeness (QED) is 0.499. The van der Waals surface area contributed by atoms with E-state index < -0.39 is 0 Å². The fraction of sp³-hybridized carbons (Fsp3) is 0.364. The molecule has 0 aromatic carbocycles. The fourth-order valence-corrected chi connectivity index (χ4v) is 5.72. The average Bonchev–Trinajstić information content (AvgIpc) is 3.29. The maximum absolute atomic E-state index is 13.3. The van der Waals surface area contributed by atoms with Crippen LogP contribution in [0.2, 0.25) is 0 Å². The highest BCUT2D eigenvalue weighted by atomic mass is 32.1. The van der Waals surface area contributed by atoms with Crippen molar-refractivity contribution < 1.29 is 4.79 Å². The molecule has 4 aromatic heterocycles. The summed E-state index contributed by atoms with van der Waals surface area (Å²) in [5.74, 6) is 1.46. The zero-order valence-corrected chi connectivity index (χ0v) is 17.7. The van der Waals surface area contributed by atoms with Crippen LogP contribution in [0.4, 0.5) is 0 Å². The number of piperidine rings is 1. The number of fused-ring (bicyclic) bond motifs is 2. The fourth-order valence-electron chi connectivity index (χ4n) is 4.45. The third-order valence-electron chi connectivity index (χ3n) is 5.91. The predicted octanol–water partition coefficient (Wildman–Crippen LogP) is 4.28. The molecule has 0 unspecified atom stereocenters. The van der Waals surface area contributed by atoms with Gasteiger partial charge in [0.15, 0.2) is 5.65 Å². The lowest BCUT2D eigenvalue weighted by Crippen LogP contribution is -2.38. The van der Waals surface area contributed by atoms with E-state index in [1.807, 2.05) is 43.1 Å². The van der Waals surface area contributed by atoms with Crippen LogP contribution >= 0.6 is 11.3 Å². The molecule has 1 amide bonds. The van der Waals surface area contributed by atoms with E-state index in [0.717, 1.165) is 63.8 Å². The molecule has 1 saturated heterocycles. The Labute approximate surface area is 173 Å². The van der Waals surface area contributed by atoms with Gasteiger partial charge >= 0.3 is 0 Å². The predicted molar refractivity (Wildman–Crippen MR) is 115 cm³/mol. The van der Waals surface area contributed by atoms with Crippen molar-refractivity contribution in [2.75, 3.05) is 13.1 Å². The number of pyridine rings is 2. The molecule has 5 rings (SSSR count). The van der Waals surface area contributed by atoms with Crippen LogP contribution in [0.3, 0.4) is 0 Å². The van der Waals surface area contributed by atoms with Crippen LogP contribution in [0.25, 0.3) is 15.9 Å². The zero-order valence-electron chi connectivity index (χ0n) is 16.8. The van der Waals surface area contributed by atoms with Gasteiger partial charge in [0.2, 0.25) is 0 Å². The number of thiophene rings is 1. The normalized spacial score (nSPS) is 15.5. The second kappa shape index (κ2) is 6.91. The molecule has 0 saturated carbocycles. The number of hydrogen-bond acceptors (Lipinski definition) is 5. The monoisotopic (exact) mass is 405 g/mol. The Kier molecular flexibility index (Phi) is 4.35. The van der Waals surface area contributed by atoms with Crippen LogP contribution in [-0.2, 0) is 0 Å². The van der Waals surface area contributed by atoms with E-state index in [4.69, 9.17) is 0 Å². The Bertz CT molecular complexity index is 1230. The number of rotatable bonds is 2. The highest BCUT2D eigenvalue weighted by Crippen LogP contribution is 2.34. The number of hydrogen-bond donors (Lipinski definition) is 0. The number of carbonyl (C=O) groups excluding carboxylic acids is 1. The van der Waals surface area contributed by atoms with Gasteiger partial charge < -0.3 is 4.90 Å². The summed E-state index contributed by atoms with van der Waals surface area (Å²) in [5.41, 5.74) is 4.12. The summed E-state index contributed by atoms with van der Waals surface area (Å²) in [4.78, 5) is 21.7. The van der Waals surface area contributed by atoms with E-state index >= 15 is 0 Å². The molecule has 4 aromatic rings. The number of nitrogens with zero attached hydrogens (tertiary/aromatic N) is 5. The average molecular weight is 406 g/mol. The number of likely N-dealkylation sites (tertiary alicyclic amines) is 1. The van der Waals surface area contributed by atoms with Gasteiger partial charge in [-0.25, -0.2) is 4.98 Å². The molecule has 0 aliphatic carbocycles. The minimum Gasteiger partial charge on any atom is -0.338 e. The Morgan fingerprint density at radius 3 is 2.72 bits per heavy atom. The minimum atomic E-state index is 0.132. The van der Waals surface area contributed by atoms with E-state index in [1.54, 1.807) is 0 Å². The largest absolute Gasteiger partial charge is 0.338 e. The Hall–Kier alpha value is -2.80. The number of aromatic nitrogens is 4. The Morgan fingerprint density at radius 1 is 1.14 bits per heavy atom. The third-order valence-corrected chi connectivity index (χ3v) is 7.08. The van der Waals surface area contributed by atoms with Crippen LogP contribution in [0.5, 0.6) is 0 Å². The van der Waals surface area contributed by atoms with Crippen molar-refractivity contribution in [1.82, 2.24) is 24.5 Å². The van der Waals surface area contributed by atoms with Crippen LogP contribution in [0, 0.1) is 20.8 Å². The summed E-state index contributed by atoms with van der Waals surface area (Å²) in [6.07, 6.45) is 3.82. The van der Waals surface area contributed by atoms with Crippen LogP contribution < -0.4 is 0 Å². The van der Waals surface area contributed by atoms with Gasteiger partial charge in [-0.2, -0.15) is 0 Å². The molecule has 0 atom stereocenters. The molecular weight excluding hydrogens is 382 g/mol. The summed E-state index contributed by atoms with van der Waals surface area (Å²) < 4.78 is 2.06. The number of carbonyl (C=O) groups is 1. The molecule has 1 aliphatic rings. The van der Waals surface area contributed by atoms with Gasteiger partial charge in [0, 0.05) is 36.3 Å². The van der Waals surface area contributed by atoms with Crippen LogP contribution in [-0.4, -0.2) is 43.5 Å². The lowest BCUT2D eigenvalue weighted by molar-refractivity contribution is 0.0715. The molecule has 0 spiro atoms. The van der Waals surface area contributed by atoms with Crippen molar-refractivity contribution in [3.05, 3.63) is 58.0 Å². The van der Waals surface area contributed by atoms with Crippen molar-refractivity contribution >= 4 is 33.1 Å². The second-order valence-corrected chi connectivity index (χ2v) is 8.87. The third kappa shape index (κ3) is 3.00. The first kappa shape index (κ1) is 18.2. The summed E-state index contributed by atoms with van der Waals surface area (Å²) >= 11 is 1.53. The van der Waals surface area contributed by atoms with Crippen molar-refractivity contribution in [3.63, 3.8) is 0 Å². The van der Waals surface area contributed by atoms with Gasteiger partial charge in [-0.05, 0) is 62.9 Å². The minimum absolute atomic E-state index is 0.132. The Morgan fingerprint density at radius 2 is 1.93 bits per heavy atom. The van der Waals surface area contributed by atoms with Crippen molar-refractivity contribution in [2.45, 2.75) is 39.5 Å². The van der Waals surface area contributed by atoms with Crippen molar-refractivity contribution in [1.29, 1.82) is 0 Å². The molecule has 1 fully saturated rings. The summed E-state index contributed by atoms with van der Waals surface area (Å²) in [6, 6.07) is 8.03. The molecule has 7 heteroatoms. The van der Waals surface area contributed by atoms with Gasteiger partial charge in [-0.3, -0.25) is 9.20 Å².